The maximum Gasteiger partial charge on any atom is 0.307 e. The highest BCUT2D eigenvalue weighted by Crippen LogP contribution is 2.14. The lowest BCUT2D eigenvalue weighted by Crippen LogP contribution is -2.16. The van der Waals surface area contributed by atoms with Crippen molar-refractivity contribution in [3.05, 3.63) is 53.5 Å². The molecule has 2 aromatic rings. The van der Waals surface area contributed by atoms with E-state index in [1.165, 1.54) is 6.21 Å². The molecule has 0 radical (unpaired) electrons. The van der Waals surface area contributed by atoms with Gasteiger partial charge in [0.15, 0.2) is 5.76 Å². The average molecular weight is 258 g/mol. The van der Waals surface area contributed by atoms with Crippen LogP contribution in [0.2, 0.25) is 0 Å². The van der Waals surface area contributed by atoms with Crippen molar-refractivity contribution in [2.45, 2.75) is 6.92 Å². The number of amides is 1. The lowest BCUT2D eigenvalue weighted by molar-refractivity contribution is 0.0926. The lowest BCUT2D eigenvalue weighted by atomic mass is 10.2. The fourth-order valence-electron chi connectivity index (χ4n) is 1.55. The zero-order valence-corrected chi connectivity index (χ0v) is 10.7. The highest BCUT2D eigenvalue weighted by atomic mass is 16.5. The molecule has 98 valence electrons. The third-order valence-electron chi connectivity index (χ3n) is 2.47. The summed E-state index contributed by atoms with van der Waals surface area (Å²) in [7, 11) is 1.58. The van der Waals surface area contributed by atoms with Crippen molar-refractivity contribution in [1.82, 2.24) is 5.43 Å². The standard InChI is InChI=1S/C14H14N2O3/c1-10-7-8-13(19-10)14(17)16-15-9-11-5-3-4-6-12(11)18-2/h3-9H,1-2H3,(H,16,17)/b15-9+. The molecule has 5 heteroatoms. The Morgan fingerprint density at radius 1 is 1.32 bits per heavy atom. The number of hydrogen-bond donors (Lipinski definition) is 1. The highest BCUT2D eigenvalue weighted by molar-refractivity contribution is 5.92. The van der Waals surface area contributed by atoms with Crippen LogP contribution in [0, 0.1) is 6.92 Å². The number of aryl methyl sites for hydroxylation is 1. The number of nitrogens with zero attached hydrogens (tertiary/aromatic N) is 1. The number of methoxy groups -OCH3 is 1. The monoisotopic (exact) mass is 258 g/mol. The molecule has 0 aliphatic heterocycles. The van der Waals surface area contributed by atoms with E-state index >= 15 is 0 Å². The Labute approximate surface area is 110 Å². The van der Waals surface area contributed by atoms with Gasteiger partial charge in [0.05, 0.1) is 13.3 Å². The van der Waals surface area contributed by atoms with E-state index < -0.39 is 0 Å². The van der Waals surface area contributed by atoms with Crippen molar-refractivity contribution in [2.75, 3.05) is 7.11 Å². The van der Waals surface area contributed by atoms with Crippen molar-refractivity contribution in [1.29, 1.82) is 0 Å². The smallest absolute Gasteiger partial charge is 0.307 e. The molecule has 0 atom stereocenters. The first-order chi connectivity index (χ1) is 9.20. The number of rotatable bonds is 4. The number of carbonyl (C=O) groups is 1. The number of hydrogen-bond acceptors (Lipinski definition) is 4. The number of carbonyl (C=O) groups excluding carboxylic acids is 1. The molecular formula is C14H14N2O3. The van der Waals surface area contributed by atoms with Gasteiger partial charge in [-0.25, -0.2) is 5.43 Å². The van der Waals surface area contributed by atoms with Gasteiger partial charge >= 0.3 is 5.91 Å². The third-order valence-corrected chi connectivity index (χ3v) is 2.47. The third kappa shape index (κ3) is 3.22. The van der Waals surface area contributed by atoms with Crippen LogP contribution in [0.1, 0.15) is 21.9 Å². The van der Waals surface area contributed by atoms with E-state index in [2.05, 4.69) is 10.5 Å². The van der Waals surface area contributed by atoms with Crippen LogP contribution in [0.4, 0.5) is 0 Å². The van der Waals surface area contributed by atoms with Crippen LogP contribution in [-0.4, -0.2) is 19.2 Å². The summed E-state index contributed by atoms with van der Waals surface area (Å²) in [5.41, 5.74) is 3.17. The molecule has 0 spiro atoms. The molecule has 1 heterocycles. The Balaban J connectivity index is 2.02. The largest absolute Gasteiger partial charge is 0.496 e. The quantitative estimate of drug-likeness (QED) is 0.676. The molecule has 0 bridgehead atoms. The highest BCUT2D eigenvalue weighted by Gasteiger charge is 2.08. The predicted molar refractivity (Wildman–Crippen MR) is 71.5 cm³/mol. The normalized spacial score (nSPS) is 10.6. The van der Waals surface area contributed by atoms with E-state index in [0.717, 1.165) is 5.56 Å². The van der Waals surface area contributed by atoms with E-state index in [0.29, 0.717) is 11.5 Å². The number of furan rings is 1. The van der Waals surface area contributed by atoms with E-state index in [-0.39, 0.29) is 11.7 Å². The van der Waals surface area contributed by atoms with E-state index in [1.54, 1.807) is 26.2 Å². The summed E-state index contributed by atoms with van der Waals surface area (Å²) < 4.78 is 10.4. The minimum absolute atomic E-state index is 0.231. The molecule has 0 fully saturated rings. The molecule has 1 aromatic carbocycles. The summed E-state index contributed by atoms with van der Waals surface area (Å²) in [6, 6.07) is 10.7. The first-order valence-electron chi connectivity index (χ1n) is 5.73. The number of ether oxygens (including phenoxy) is 1. The number of hydrazone groups is 1. The van der Waals surface area contributed by atoms with Gasteiger partial charge in [-0.1, -0.05) is 12.1 Å². The molecule has 19 heavy (non-hydrogen) atoms. The molecule has 0 saturated heterocycles. The van der Waals surface area contributed by atoms with Gasteiger partial charge in [0.25, 0.3) is 0 Å². The number of nitrogens with one attached hydrogen (secondary N) is 1. The Morgan fingerprint density at radius 2 is 2.11 bits per heavy atom. The van der Waals surface area contributed by atoms with Crippen LogP contribution in [0.5, 0.6) is 5.75 Å². The molecule has 0 saturated carbocycles. The zero-order valence-electron chi connectivity index (χ0n) is 10.7. The van der Waals surface area contributed by atoms with E-state index in [1.807, 2.05) is 24.3 Å². The van der Waals surface area contributed by atoms with Crippen LogP contribution in [-0.2, 0) is 0 Å². The van der Waals surface area contributed by atoms with Gasteiger partial charge in [-0.05, 0) is 31.2 Å². The molecule has 1 amide bonds. The first kappa shape index (κ1) is 12.9. The second kappa shape index (κ2) is 5.86. The Kier molecular flexibility index (Phi) is 3.97. The fourth-order valence-corrected chi connectivity index (χ4v) is 1.55. The van der Waals surface area contributed by atoms with Crippen molar-refractivity contribution >= 4 is 12.1 Å². The van der Waals surface area contributed by atoms with Gasteiger partial charge < -0.3 is 9.15 Å². The van der Waals surface area contributed by atoms with Crippen molar-refractivity contribution in [3.63, 3.8) is 0 Å². The molecule has 0 aliphatic carbocycles. The molecule has 0 unspecified atom stereocenters. The molecular weight excluding hydrogens is 244 g/mol. The van der Waals surface area contributed by atoms with Gasteiger partial charge in [0.2, 0.25) is 0 Å². The minimum Gasteiger partial charge on any atom is -0.496 e. The van der Waals surface area contributed by atoms with Crippen molar-refractivity contribution < 1.29 is 13.9 Å². The minimum atomic E-state index is -0.390. The van der Waals surface area contributed by atoms with Gasteiger partial charge in [-0.3, -0.25) is 4.79 Å². The fraction of sp³-hybridized carbons (Fsp3) is 0.143. The van der Waals surface area contributed by atoms with Crippen LogP contribution in [0.3, 0.4) is 0 Å². The van der Waals surface area contributed by atoms with Crippen LogP contribution < -0.4 is 10.2 Å². The second-order valence-corrected chi connectivity index (χ2v) is 3.85. The summed E-state index contributed by atoms with van der Waals surface area (Å²) in [6.07, 6.45) is 1.52. The molecule has 1 N–H and O–H groups in total. The predicted octanol–water partition coefficient (Wildman–Crippen LogP) is 2.36. The van der Waals surface area contributed by atoms with Crippen LogP contribution in [0.15, 0.2) is 45.9 Å². The van der Waals surface area contributed by atoms with Crippen molar-refractivity contribution in [3.8, 4) is 5.75 Å². The summed E-state index contributed by atoms with van der Waals surface area (Å²) in [5, 5.41) is 3.87. The number of para-hydroxylation sites is 1. The molecule has 5 nitrogen and oxygen atoms in total. The molecule has 1 aromatic heterocycles. The van der Waals surface area contributed by atoms with Crippen LogP contribution in [0.25, 0.3) is 0 Å². The summed E-state index contributed by atoms with van der Waals surface area (Å²) in [5.74, 6) is 1.21. The van der Waals surface area contributed by atoms with Crippen LogP contribution >= 0.6 is 0 Å². The van der Waals surface area contributed by atoms with Crippen molar-refractivity contribution in [2.24, 2.45) is 5.10 Å². The Bertz CT molecular complexity index is 602. The zero-order chi connectivity index (χ0) is 13.7. The summed E-state index contributed by atoms with van der Waals surface area (Å²) in [4.78, 5) is 11.7. The van der Waals surface area contributed by atoms with E-state index in [4.69, 9.17) is 9.15 Å². The second-order valence-electron chi connectivity index (χ2n) is 3.85. The Morgan fingerprint density at radius 3 is 2.79 bits per heavy atom. The maximum atomic E-state index is 11.7. The summed E-state index contributed by atoms with van der Waals surface area (Å²) >= 11 is 0. The average Bonchev–Trinajstić information content (AvgIpc) is 2.86. The van der Waals surface area contributed by atoms with E-state index in [9.17, 15) is 4.79 Å². The Hall–Kier alpha value is -2.56. The van der Waals surface area contributed by atoms with Gasteiger partial charge in [-0.2, -0.15) is 5.10 Å². The lowest BCUT2D eigenvalue weighted by Gasteiger charge is -2.02. The first-order valence-corrected chi connectivity index (χ1v) is 5.73. The molecule has 0 aliphatic rings. The topological polar surface area (TPSA) is 63.8 Å². The van der Waals surface area contributed by atoms with Gasteiger partial charge in [0, 0.05) is 5.56 Å². The van der Waals surface area contributed by atoms with Gasteiger partial charge in [0.1, 0.15) is 11.5 Å². The summed E-state index contributed by atoms with van der Waals surface area (Å²) in [6.45, 7) is 1.77. The maximum absolute atomic E-state index is 11.7. The number of benzene rings is 1. The molecule has 2 rings (SSSR count). The van der Waals surface area contributed by atoms with Gasteiger partial charge in [-0.15, -0.1) is 0 Å². The SMILES string of the molecule is COc1ccccc1/C=N/NC(=O)c1ccc(C)o1.